The Bertz CT molecular complexity index is 623. The van der Waals surface area contributed by atoms with E-state index in [9.17, 15) is 13.9 Å². The molecule has 0 fully saturated rings. The molecule has 0 amide bonds. The standard InChI is InChI=1S/C14H11Cl2F2NOS/c15-9-5-8(13(20)12(16)6-9)7-19-10-1-3-11(4-2-10)21-14(17)18/h1-6,14,19-20H,7H2. The summed E-state index contributed by atoms with van der Waals surface area (Å²) >= 11 is 12.2. The normalized spacial score (nSPS) is 10.9. The van der Waals surface area contributed by atoms with Crippen LogP contribution in [0.5, 0.6) is 5.75 Å². The summed E-state index contributed by atoms with van der Waals surface area (Å²) in [7, 11) is 0. The number of benzene rings is 2. The maximum atomic E-state index is 12.2. The van der Waals surface area contributed by atoms with Crippen molar-refractivity contribution < 1.29 is 13.9 Å². The van der Waals surface area contributed by atoms with Gasteiger partial charge in [-0.2, -0.15) is 8.78 Å². The summed E-state index contributed by atoms with van der Waals surface area (Å²) in [6, 6.07) is 9.64. The van der Waals surface area contributed by atoms with Crippen LogP contribution < -0.4 is 5.32 Å². The van der Waals surface area contributed by atoms with Crippen molar-refractivity contribution in [1.29, 1.82) is 0 Å². The summed E-state index contributed by atoms with van der Waals surface area (Å²) < 4.78 is 24.4. The predicted octanol–water partition coefficient (Wildman–Crippen LogP) is 5.63. The zero-order valence-electron chi connectivity index (χ0n) is 10.6. The topological polar surface area (TPSA) is 32.3 Å². The first-order valence-corrected chi connectivity index (χ1v) is 7.55. The van der Waals surface area contributed by atoms with Crippen molar-refractivity contribution in [1.82, 2.24) is 0 Å². The Hall–Kier alpha value is -1.17. The van der Waals surface area contributed by atoms with Gasteiger partial charge in [0.15, 0.2) is 0 Å². The summed E-state index contributed by atoms with van der Waals surface area (Å²) in [5.41, 5.74) is 1.29. The van der Waals surface area contributed by atoms with Crippen LogP contribution in [-0.4, -0.2) is 10.9 Å². The van der Waals surface area contributed by atoms with Gasteiger partial charge < -0.3 is 10.4 Å². The smallest absolute Gasteiger partial charge is 0.288 e. The fourth-order valence-corrected chi connectivity index (χ4v) is 2.74. The first-order chi connectivity index (χ1) is 9.95. The Kier molecular flexibility index (Phi) is 5.56. The van der Waals surface area contributed by atoms with Crippen LogP contribution >= 0.6 is 35.0 Å². The average Bonchev–Trinajstić information content (AvgIpc) is 2.42. The summed E-state index contributed by atoms with van der Waals surface area (Å²) in [6.45, 7) is 0.313. The molecule has 0 unspecified atom stereocenters. The SMILES string of the molecule is Oc1c(Cl)cc(Cl)cc1CNc1ccc(SC(F)F)cc1. The number of thioether (sulfide) groups is 1. The van der Waals surface area contributed by atoms with Crippen LogP contribution in [-0.2, 0) is 6.54 Å². The van der Waals surface area contributed by atoms with Gasteiger partial charge in [0.1, 0.15) is 5.75 Å². The van der Waals surface area contributed by atoms with E-state index in [0.29, 0.717) is 33.8 Å². The third-order valence-electron chi connectivity index (χ3n) is 2.67. The van der Waals surface area contributed by atoms with Gasteiger partial charge in [-0.25, -0.2) is 0 Å². The molecule has 2 N–H and O–H groups in total. The Morgan fingerprint density at radius 2 is 1.81 bits per heavy atom. The highest BCUT2D eigenvalue weighted by Crippen LogP contribution is 2.32. The molecule has 0 aliphatic rings. The Morgan fingerprint density at radius 1 is 1.14 bits per heavy atom. The Morgan fingerprint density at radius 3 is 2.43 bits per heavy atom. The predicted molar refractivity (Wildman–Crippen MR) is 83.8 cm³/mol. The van der Waals surface area contributed by atoms with E-state index < -0.39 is 5.76 Å². The van der Waals surface area contributed by atoms with Crippen molar-refractivity contribution >= 4 is 40.7 Å². The van der Waals surface area contributed by atoms with E-state index in [2.05, 4.69) is 5.32 Å². The van der Waals surface area contributed by atoms with Crippen LogP contribution in [0.2, 0.25) is 10.0 Å². The van der Waals surface area contributed by atoms with Crippen molar-refractivity contribution in [3.63, 3.8) is 0 Å². The van der Waals surface area contributed by atoms with E-state index in [4.69, 9.17) is 23.2 Å². The van der Waals surface area contributed by atoms with E-state index >= 15 is 0 Å². The molecule has 0 saturated heterocycles. The highest BCUT2D eigenvalue weighted by atomic mass is 35.5. The van der Waals surface area contributed by atoms with E-state index in [1.54, 1.807) is 30.3 Å². The zero-order valence-corrected chi connectivity index (χ0v) is 12.9. The van der Waals surface area contributed by atoms with Crippen LogP contribution in [0.1, 0.15) is 5.56 Å². The summed E-state index contributed by atoms with van der Waals surface area (Å²) in [5, 5.41) is 13.5. The molecule has 0 heterocycles. The minimum Gasteiger partial charge on any atom is -0.506 e. The van der Waals surface area contributed by atoms with Gasteiger partial charge in [0.25, 0.3) is 5.76 Å². The van der Waals surface area contributed by atoms with Gasteiger partial charge in [-0.15, -0.1) is 0 Å². The summed E-state index contributed by atoms with van der Waals surface area (Å²) in [6.07, 6.45) is 0. The molecule has 0 atom stereocenters. The van der Waals surface area contributed by atoms with Crippen LogP contribution in [0.25, 0.3) is 0 Å². The molecule has 2 aromatic carbocycles. The molecule has 0 saturated carbocycles. The van der Waals surface area contributed by atoms with Gasteiger partial charge in [0.2, 0.25) is 0 Å². The molecule has 0 radical (unpaired) electrons. The van der Waals surface area contributed by atoms with Crippen molar-refractivity contribution in [3.8, 4) is 5.75 Å². The number of phenols is 1. The number of hydrogen-bond acceptors (Lipinski definition) is 3. The second-order valence-electron chi connectivity index (χ2n) is 4.15. The number of phenolic OH excluding ortho intramolecular Hbond substituents is 1. The summed E-state index contributed by atoms with van der Waals surface area (Å²) in [5.74, 6) is -2.46. The molecule has 0 aromatic heterocycles. The quantitative estimate of drug-likeness (QED) is 0.686. The first-order valence-electron chi connectivity index (χ1n) is 5.91. The second kappa shape index (κ2) is 7.20. The number of alkyl halides is 2. The number of hydrogen-bond donors (Lipinski definition) is 2. The van der Waals surface area contributed by atoms with Crippen molar-refractivity contribution in [2.24, 2.45) is 0 Å². The van der Waals surface area contributed by atoms with E-state index in [1.165, 1.54) is 6.07 Å². The third-order valence-corrected chi connectivity index (χ3v) is 3.90. The zero-order chi connectivity index (χ0) is 15.4. The second-order valence-corrected chi connectivity index (χ2v) is 6.06. The molecular weight excluding hydrogens is 339 g/mol. The van der Waals surface area contributed by atoms with Gasteiger partial charge in [0.05, 0.1) is 5.02 Å². The number of rotatable bonds is 5. The molecule has 0 bridgehead atoms. The van der Waals surface area contributed by atoms with Crippen LogP contribution in [0.15, 0.2) is 41.3 Å². The molecule has 112 valence electrons. The van der Waals surface area contributed by atoms with Gasteiger partial charge in [-0.1, -0.05) is 35.0 Å². The maximum absolute atomic E-state index is 12.2. The van der Waals surface area contributed by atoms with Crippen molar-refractivity contribution in [3.05, 3.63) is 52.0 Å². The molecule has 0 aliphatic carbocycles. The van der Waals surface area contributed by atoms with Gasteiger partial charge in [-0.05, 0) is 36.4 Å². The molecule has 0 spiro atoms. The molecule has 7 heteroatoms. The third kappa shape index (κ3) is 4.66. The van der Waals surface area contributed by atoms with Crippen LogP contribution in [0.3, 0.4) is 0 Å². The van der Waals surface area contributed by atoms with Crippen LogP contribution in [0.4, 0.5) is 14.5 Å². The van der Waals surface area contributed by atoms with Crippen LogP contribution in [0, 0.1) is 0 Å². The van der Waals surface area contributed by atoms with Gasteiger partial charge in [0, 0.05) is 27.7 Å². The molecule has 2 nitrogen and oxygen atoms in total. The molecular formula is C14H11Cl2F2NOS. The minimum absolute atomic E-state index is 0.0292. The highest BCUT2D eigenvalue weighted by molar-refractivity contribution is 7.99. The summed E-state index contributed by atoms with van der Waals surface area (Å²) in [4.78, 5) is 0.490. The number of nitrogens with one attached hydrogen (secondary N) is 1. The Balaban J connectivity index is 2.03. The van der Waals surface area contributed by atoms with Gasteiger partial charge in [-0.3, -0.25) is 0 Å². The number of halogens is 4. The molecule has 2 rings (SSSR count). The molecule has 2 aromatic rings. The van der Waals surface area contributed by atoms with Crippen molar-refractivity contribution in [2.75, 3.05) is 5.32 Å². The fraction of sp³-hybridized carbons (Fsp3) is 0.143. The van der Waals surface area contributed by atoms with E-state index in [1.807, 2.05) is 0 Å². The van der Waals surface area contributed by atoms with Crippen molar-refractivity contribution in [2.45, 2.75) is 17.2 Å². The lowest BCUT2D eigenvalue weighted by molar-refractivity contribution is 0.252. The number of aromatic hydroxyl groups is 1. The molecule has 21 heavy (non-hydrogen) atoms. The fourth-order valence-electron chi connectivity index (χ4n) is 1.71. The first kappa shape index (κ1) is 16.2. The minimum atomic E-state index is -2.44. The Labute approximate surface area is 135 Å². The monoisotopic (exact) mass is 349 g/mol. The lowest BCUT2D eigenvalue weighted by atomic mass is 10.2. The van der Waals surface area contributed by atoms with Gasteiger partial charge >= 0.3 is 0 Å². The molecule has 0 aliphatic heterocycles. The largest absolute Gasteiger partial charge is 0.506 e. The van der Waals surface area contributed by atoms with E-state index in [0.717, 1.165) is 5.69 Å². The highest BCUT2D eigenvalue weighted by Gasteiger charge is 2.08. The maximum Gasteiger partial charge on any atom is 0.288 e. The number of anilines is 1. The lowest BCUT2D eigenvalue weighted by Gasteiger charge is -2.10. The van der Waals surface area contributed by atoms with E-state index in [-0.39, 0.29) is 10.8 Å². The average molecular weight is 350 g/mol. The lowest BCUT2D eigenvalue weighted by Crippen LogP contribution is -2.00.